The summed E-state index contributed by atoms with van der Waals surface area (Å²) < 4.78 is 33.6. The third-order valence-corrected chi connectivity index (χ3v) is 7.82. The first kappa shape index (κ1) is 26.3. The largest absolute Gasteiger partial charge is 0.496 e. The topological polar surface area (TPSA) is 75.7 Å². The lowest BCUT2D eigenvalue weighted by Crippen LogP contribution is -2.42. The summed E-state index contributed by atoms with van der Waals surface area (Å²) in [5, 5.41) is 3.02. The second-order valence-corrected chi connectivity index (χ2v) is 10.7. The molecule has 0 bridgehead atoms. The van der Waals surface area contributed by atoms with Crippen LogP contribution in [0.4, 0.5) is 5.69 Å². The lowest BCUT2D eigenvalue weighted by atomic mass is 10.0. The van der Waals surface area contributed by atoms with Gasteiger partial charge < -0.3 is 10.1 Å². The van der Waals surface area contributed by atoms with Gasteiger partial charge in [-0.3, -0.25) is 9.10 Å². The van der Waals surface area contributed by atoms with E-state index >= 15 is 0 Å². The molecule has 3 aromatic carbocycles. The first-order chi connectivity index (χ1) is 16.7. The van der Waals surface area contributed by atoms with E-state index in [1.54, 1.807) is 37.4 Å². The summed E-state index contributed by atoms with van der Waals surface area (Å²) in [5.41, 5.74) is 3.45. The maximum Gasteiger partial charge on any atom is 0.264 e. The molecule has 186 valence electrons. The fraction of sp³-hybridized carbons (Fsp3) is 0.321. The fourth-order valence-electron chi connectivity index (χ4n) is 3.97. The number of rotatable bonds is 10. The maximum atomic E-state index is 13.6. The molecule has 0 saturated carbocycles. The van der Waals surface area contributed by atoms with Gasteiger partial charge >= 0.3 is 0 Å². The highest BCUT2D eigenvalue weighted by Crippen LogP contribution is 2.27. The van der Waals surface area contributed by atoms with Crippen LogP contribution >= 0.6 is 0 Å². The van der Waals surface area contributed by atoms with Crippen LogP contribution in [0.15, 0.2) is 77.7 Å². The highest BCUT2D eigenvalue weighted by molar-refractivity contribution is 7.92. The van der Waals surface area contributed by atoms with Gasteiger partial charge in [0.25, 0.3) is 10.0 Å². The molecule has 0 fully saturated rings. The summed E-state index contributed by atoms with van der Waals surface area (Å²) in [6.45, 7) is 7.75. The molecular weight excluding hydrogens is 460 g/mol. The summed E-state index contributed by atoms with van der Waals surface area (Å²) in [7, 11) is -2.33. The van der Waals surface area contributed by atoms with Crippen molar-refractivity contribution in [1.29, 1.82) is 0 Å². The number of hydrogen-bond donors (Lipinski definition) is 1. The Bertz CT molecular complexity index is 1240. The molecule has 3 rings (SSSR count). The number of aryl methyl sites for hydroxylation is 1. The molecule has 0 heterocycles. The Morgan fingerprint density at radius 3 is 2.14 bits per heavy atom. The highest BCUT2D eigenvalue weighted by atomic mass is 32.2. The number of carbonyl (C=O) groups is 1. The van der Waals surface area contributed by atoms with Crippen LogP contribution in [-0.2, 0) is 14.8 Å². The van der Waals surface area contributed by atoms with Gasteiger partial charge in [-0.25, -0.2) is 8.42 Å². The van der Waals surface area contributed by atoms with Gasteiger partial charge in [-0.1, -0.05) is 63.2 Å². The predicted molar refractivity (Wildman–Crippen MR) is 140 cm³/mol. The number of benzene rings is 3. The lowest BCUT2D eigenvalue weighted by Gasteiger charge is -2.26. The number of nitrogens with zero attached hydrogens (tertiary/aromatic N) is 1. The lowest BCUT2D eigenvalue weighted by molar-refractivity contribution is -0.120. The molecule has 0 aliphatic heterocycles. The third-order valence-electron chi connectivity index (χ3n) is 6.03. The number of sulfonamides is 1. The number of ether oxygens (including phenoxy) is 1. The van der Waals surface area contributed by atoms with E-state index in [4.69, 9.17) is 4.74 Å². The molecule has 3 aromatic rings. The molecule has 0 spiro atoms. The van der Waals surface area contributed by atoms with E-state index in [0.29, 0.717) is 18.0 Å². The standard InChI is InChI=1S/C28H34N2O4S/c1-6-26(23-14-17-27(34-5)21(4)18-23)29-28(31)19-30(24-15-12-22(13-16-24)20(2)3)35(32,33)25-10-8-7-9-11-25/h7-18,20,26H,6,19H2,1-5H3,(H,29,31)/t26-/m1/s1. The average Bonchev–Trinajstić information content (AvgIpc) is 2.86. The molecule has 0 saturated heterocycles. The van der Waals surface area contributed by atoms with Crippen molar-refractivity contribution in [2.24, 2.45) is 0 Å². The summed E-state index contributed by atoms with van der Waals surface area (Å²) in [4.78, 5) is 13.3. The molecule has 7 heteroatoms. The van der Waals surface area contributed by atoms with Crippen LogP contribution in [0.25, 0.3) is 0 Å². The van der Waals surface area contributed by atoms with Crippen molar-refractivity contribution in [3.63, 3.8) is 0 Å². The SMILES string of the molecule is CC[C@@H](NC(=O)CN(c1ccc(C(C)C)cc1)S(=O)(=O)c1ccccc1)c1ccc(OC)c(C)c1. The van der Waals surface area contributed by atoms with Crippen LogP contribution in [0.3, 0.4) is 0 Å². The van der Waals surface area contributed by atoms with Crippen molar-refractivity contribution in [3.8, 4) is 5.75 Å². The minimum absolute atomic E-state index is 0.138. The van der Waals surface area contributed by atoms with Crippen LogP contribution in [0.2, 0.25) is 0 Å². The summed E-state index contributed by atoms with van der Waals surface area (Å²) in [6.07, 6.45) is 0.659. The van der Waals surface area contributed by atoms with E-state index in [9.17, 15) is 13.2 Å². The maximum absolute atomic E-state index is 13.6. The molecule has 0 unspecified atom stereocenters. The van der Waals surface area contributed by atoms with Gasteiger partial charge in [0.2, 0.25) is 5.91 Å². The van der Waals surface area contributed by atoms with Crippen LogP contribution < -0.4 is 14.4 Å². The van der Waals surface area contributed by atoms with Crippen molar-refractivity contribution in [1.82, 2.24) is 5.32 Å². The molecular formula is C28H34N2O4S. The van der Waals surface area contributed by atoms with Crippen molar-refractivity contribution < 1.29 is 17.9 Å². The third kappa shape index (κ3) is 6.22. The van der Waals surface area contributed by atoms with Crippen molar-refractivity contribution in [3.05, 3.63) is 89.5 Å². The van der Waals surface area contributed by atoms with Crippen LogP contribution in [0, 0.1) is 6.92 Å². The second kappa shape index (κ2) is 11.4. The van der Waals surface area contributed by atoms with Gasteiger partial charge in [-0.2, -0.15) is 0 Å². The smallest absolute Gasteiger partial charge is 0.264 e. The van der Waals surface area contributed by atoms with Gasteiger partial charge in [0.15, 0.2) is 0 Å². The van der Waals surface area contributed by atoms with Gasteiger partial charge in [-0.15, -0.1) is 0 Å². The summed E-state index contributed by atoms with van der Waals surface area (Å²) >= 11 is 0. The van der Waals surface area contributed by atoms with E-state index < -0.39 is 10.0 Å². The quantitative estimate of drug-likeness (QED) is 0.399. The minimum Gasteiger partial charge on any atom is -0.496 e. The Labute approximate surface area is 209 Å². The van der Waals surface area contributed by atoms with E-state index in [1.807, 2.05) is 44.2 Å². The molecule has 6 nitrogen and oxygen atoms in total. The molecule has 0 radical (unpaired) electrons. The molecule has 1 atom stereocenters. The second-order valence-electron chi connectivity index (χ2n) is 8.83. The molecule has 1 amide bonds. The van der Waals surface area contributed by atoms with Crippen molar-refractivity contribution in [2.45, 2.75) is 51.0 Å². The Hall–Kier alpha value is -3.32. The number of methoxy groups -OCH3 is 1. The monoisotopic (exact) mass is 494 g/mol. The van der Waals surface area contributed by atoms with Gasteiger partial charge in [0, 0.05) is 0 Å². The number of hydrogen-bond acceptors (Lipinski definition) is 4. The minimum atomic E-state index is -3.95. The van der Waals surface area contributed by atoms with E-state index in [1.165, 1.54) is 16.4 Å². The van der Waals surface area contributed by atoms with Crippen molar-refractivity contribution in [2.75, 3.05) is 18.0 Å². The molecule has 35 heavy (non-hydrogen) atoms. The number of anilines is 1. The fourth-order valence-corrected chi connectivity index (χ4v) is 5.41. The number of carbonyl (C=O) groups excluding carboxylic acids is 1. The number of amides is 1. The molecule has 1 N–H and O–H groups in total. The van der Waals surface area contributed by atoms with Crippen LogP contribution in [0.5, 0.6) is 5.75 Å². The zero-order valence-electron chi connectivity index (χ0n) is 21.0. The zero-order valence-corrected chi connectivity index (χ0v) is 21.8. The highest BCUT2D eigenvalue weighted by Gasteiger charge is 2.28. The predicted octanol–water partition coefficient (Wildman–Crippen LogP) is 5.59. The number of nitrogens with one attached hydrogen (secondary N) is 1. The summed E-state index contributed by atoms with van der Waals surface area (Å²) in [5.74, 6) is 0.711. The van der Waals surface area contributed by atoms with Crippen LogP contribution in [0.1, 0.15) is 55.8 Å². The van der Waals surface area contributed by atoms with Gasteiger partial charge in [-0.05, 0) is 66.3 Å². The van der Waals surface area contributed by atoms with Gasteiger partial charge in [0.1, 0.15) is 12.3 Å². The molecule has 0 aliphatic carbocycles. The van der Waals surface area contributed by atoms with Gasteiger partial charge in [0.05, 0.1) is 23.7 Å². The Balaban J connectivity index is 1.90. The average molecular weight is 495 g/mol. The first-order valence-electron chi connectivity index (χ1n) is 11.8. The Kier molecular flexibility index (Phi) is 8.57. The van der Waals surface area contributed by atoms with E-state index in [2.05, 4.69) is 19.2 Å². The normalized spacial score (nSPS) is 12.3. The first-order valence-corrected chi connectivity index (χ1v) is 13.2. The summed E-state index contributed by atoms with van der Waals surface area (Å²) in [6, 6.07) is 21.0. The van der Waals surface area contributed by atoms with E-state index in [-0.39, 0.29) is 23.4 Å². The Morgan fingerprint density at radius 2 is 1.60 bits per heavy atom. The molecule has 0 aromatic heterocycles. The van der Waals surface area contributed by atoms with Crippen molar-refractivity contribution >= 4 is 21.6 Å². The Morgan fingerprint density at radius 1 is 0.971 bits per heavy atom. The van der Waals surface area contributed by atoms with E-state index in [0.717, 1.165) is 22.4 Å². The molecule has 0 aliphatic rings. The van der Waals surface area contributed by atoms with Crippen LogP contribution in [-0.4, -0.2) is 28.0 Å². The zero-order chi connectivity index (χ0) is 25.6.